The summed E-state index contributed by atoms with van der Waals surface area (Å²) >= 11 is 10.9. The van der Waals surface area contributed by atoms with Crippen molar-refractivity contribution in [2.75, 3.05) is 0 Å². The minimum absolute atomic E-state index is 0.116. The van der Waals surface area contributed by atoms with E-state index in [4.69, 9.17) is 23.2 Å². The molecule has 96 valence electrons. The summed E-state index contributed by atoms with van der Waals surface area (Å²) in [5.41, 5.74) is 0. The van der Waals surface area contributed by atoms with E-state index in [1.165, 1.54) is 12.1 Å². The maximum absolute atomic E-state index is 10.5. The van der Waals surface area contributed by atoms with Crippen molar-refractivity contribution in [1.29, 1.82) is 0 Å². The largest absolute Gasteiger partial charge is 0.744 e. The quantitative estimate of drug-likeness (QED) is 0.759. The molecule has 0 unspecified atom stereocenters. The Balaban J connectivity index is 0.000000225. The zero-order chi connectivity index (χ0) is 13.6. The van der Waals surface area contributed by atoms with Gasteiger partial charge in [0, 0.05) is 17.2 Å². The number of pyridine rings is 1. The van der Waals surface area contributed by atoms with E-state index in [9.17, 15) is 13.0 Å². The fraction of sp³-hybridized carbons (Fsp3) is 0. The lowest BCUT2D eigenvalue weighted by atomic mass is 10.4. The van der Waals surface area contributed by atoms with Crippen molar-refractivity contribution in [2.24, 2.45) is 0 Å². The van der Waals surface area contributed by atoms with Crippen LogP contribution in [0.1, 0.15) is 0 Å². The first-order valence-electron chi connectivity index (χ1n) is 4.73. The van der Waals surface area contributed by atoms with Crippen LogP contribution in [0.3, 0.4) is 0 Å². The minimum Gasteiger partial charge on any atom is -0.744 e. The van der Waals surface area contributed by atoms with Crippen LogP contribution in [0, 0.1) is 0 Å². The summed E-state index contributed by atoms with van der Waals surface area (Å²) in [6.07, 6.45) is 3.75. The zero-order valence-electron chi connectivity index (χ0n) is 9.01. The van der Waals surface area contributed by atoms with Gasteiger partial charge in [-0.2, -0.15) is 0 Å². The second-order valence-corrected chi connectivity index (χ2v) is 5.30. The van der Waals surface area contributed by atoms with Crippen molar-refractivity contribution >= 4 is 33.3 Å². The summed E-state index contributed by atoms with van der Waals surface area (Å²) in [7, 11) is -4.52. The van der Waals surface area contributed by atoms with Gasteiger partial charge in [-0.3, -0.25) is 0 Å². The van der Waals surface area contributed by atoms with Gasteiger partial charge in [-0.05, 0) is 18.2 Å². The van der Waals surface area contributed by atoms with E-state index < -0.39 is 15.0 Å². The van der Waals surface area contributed by atoms with E-state index in [1.807, 2.05) is 30.6 Å². The van der Waals surface area contributed by atoms with Gasteiger partial charge < -0.3 is 4.55 Å². The van der Waals surface area contributed by atoms with Gasteiger partial charge in [0.2, 0.25) is 0 Å². The Bertz CT molecular complexity index is 576. The van der Waals surface area contributed by atoms with Crippen LogP contribution in [-0.2, 0) is 10.1 Å². The second kappa shape index (κ2) is 6.70. The normalized spacial score (nSPS) is 10.4. The number of benzene rings is 1. The van der Waals surface area contributed by atoms with Crippen LogP contribution in [0.4, 0.5) is 0 Å². The summed E-state index contributed by atoms with van der Waals surface area (Å²) in [4.78, 5) is 2.40. The molecule has 0 saturated carbocycles. The number of hydrogen-bond donors (Lipinski definition) is 0. The molecule has 1 N–H and O–H groups in total. The monoisotopic (exact) mass is 305 g/mol. The molecule has 7 heteroatoms. The Morgan fingerprint density at radius 1 is 1.06 bits per heavy atom. The summed E-state index contributed by atoms with van der Waals surface area (Å²) in [5.74, 6) is 0. The van der Waals surface area contributed by atoms with E-state index >= 15 is 0 Å². The van der Waals surface area contributed by atoms with Gasteiger partial charge >= 0.3 is 0 Å². The van der Waals surface area contributed by atoms with E-state index in [0.717, 1.165) is 6.07 Å². The zero-order valence-corrected chi connectivity index (χ0v) is 11.3. The maximum Gasteiger partial charge on any atom is 0.166 e. The van der Waals surface area contributed by atoms with Gasteiger partial charge in [-0.25, -0.2) is 13.4 Å². The Hall–Kier alpha value is -1.14. The van der Waals surface area contributed by atoms with E-state index in [0.29, 0.717) is 0 Å². The van der Waals surface area contributed by atoms with Gasteiger partial charge in [0.1, 0.15) is 10.1 Å². The lowest BCUT2D eigenvalue weighted by molar-refractivity contribution is -0.377. The third-order valence-electron chi connectivity index (χ3n) is 1.77. The molecule has 2 rings (SSSR count). The number of rotatable bonds is 1. The molecule has 1 aromatic heterocycles. The highest BCUT2D eigenvalue weighted by molar-refractivity contribution is 7.85. The fourth-order valence-corrected chi connectivity index (χ4v) is 2.23. The average molecular weight is 306 g/mol. The molecule has 0 saturated heterocycles. The van der Waals surface area contributed by atoms with Crippen molar-refractivity contribution in [3.05, 3.63) is 58.8 Å². The molecule has 4 nitrogen and oxygen atoms in total. The molecule has 0 aliphatic carbocycles. The Morgan fingerprint density at radius 2 is 1.67 bits per heavy atom. The van der Waals surface area contributed by atoms with Crippen LogP contribution in [0.25, 0.3) is 0 Å². The van der Waals surface area contributed by atoms with Crippen LogP contribution < -0.4 is 4.98 Å². The Morgan fingerprint density at radius 3 is 2.00 bits per heavy atom. The molecule has 0 spiro atoms. The first-order chi connectivity index (χ1) is 8.41. The average Bonchev–Trinajstić information content (AvgIpc) is 2.34. The Kier molecular flexibility index (Phi) is 5.55. The van der Waals surface area contributed by atoms with E-state index in [-0.39, 0.29) is 10.0 Å². The van der Waals surface area contributed by atoms with Crippen LogP contribution in [0.2, 0.25) is 10.0 Å². The molecule has 0 bridgehead atoms. The molecule has 0 aliphatic rings. The number of aromatic amines is 1. The van der Waals surface area contributed by atoms with Gasteiger partial charge in [-0.1, -0.05) is 29.3 Å². The third kappa shape index (κ3) is 5.01. The molecule has 0 radical (unpaired) electrons. The fourth-order valence-electron chi connectivity index (χ4n) is 1.01. The smallest absolute Gasteiger partial charge is 0.166 e. The molecule has 0 aliphatic heterocycles. The van der Waals surface area contributed by atoms with Crippen molar-refractivity contribution in [3.8, 4) is 0 Å². The van der Waals surface area contributed by atoms with Crippen molar-refractivity contribution in [1.82, 2.24) is 0 Å². The molecule has 18 heavy (non-hydrogen) atoms. The first-order valence-corrected chi connectivity index (χ1v) is 6.89. The third-order valence-corrected chi connectivity index (χ3v) is 3.32. The number of H-pyrrole nitrogens is 1. The molecule has 2 aromatic rings. The predicted octanol–water partition coefficient (Wildman–Crippen LogP) is 2.40. The van der Waals surface area contributed by atoms with Crippen LogP contribution >= 0.6 is 23.2 Å². The molecular formula is C11H9Cl2NO3S. The minimum atomic E-state index is -4.52. The van der Waals surface area contributed by atoms with E-state index in [1.54, 1.807) is 0 Å². The summed E-state index contributed by atoms with van der Waals surface area (Å²) in [6.45, 7) is 0. The van der Waals surface area contributed by atoms with Crippen molar-refractivity contribution in [2.45, 2.75) is 4.90 Å². The number of nitrogens with one attached hydrogen (secondary N) is 1. The van der Waals surface area contributed by atoms with Gasteiger partial charge in [0.15, 0.2) is 12.4 Å². The highest BCUT2D eigenvalue weighted by atomic mass is 35.5. The maximum atomic E-state index is 10.5. The standard InChI is InChI=1S/C6H4Cl2O3S.C5H5N/c7-4-1-2-5(8)6(3-4)12(9,10)11;1-2-4-6-5-3-1/h1-3H,(H,9,10,11);1-5H. The summed E-state index contributed by atoms with van der Waals surface area (Å²) in [5, 5.41) is 0.0447. The van der Waals surface area contributed by atoms with Gasteiger partial charge in [0.05, 0.1) is 9.92 Å². The molecule has 1 aromatic carbocycles. The summed E-state index contributed by atoms with van der Waals surface area (Å²) < 4.78 is 31.5. The first kappa shape index (κ1) is 14.9. The number of halogens is 2. The molecule has 1 heterocycles. The predicted molar refractivity (Wildman–Crippen MR) is 67.4 cm³/mol. The van der Waals surface area contributed by atoms with Crippen LogP contribution in [-0.4, -0.2) is 13.0 Å². The van der Waals surface area contributed by atoms with Gasteiger partial charge in [-0.15, -0.1) is 0 Å². The lowest BCUT2D eigenvalue weighted by Gasteiger charge is -2.08. The summed E-state index contributed by atoms with van der Waals surface area (Å²) in [6, 6.07) is 9.54. The van der Waals surface area contributed by atoms with Crippen molar-refractivity contribution < 1.29 is 18.0 Å². The molecule has 0 atom stereocenters. The molecular weight excluding hydrogens is 297 g/mol. The number of aromatic nitrogens is 1. The molecule has 0 fully saturated rings. The highest BCUT2D eigenvalue weighted by Gasteiger charge is 2.07. The topological polar surface area (TPSA) is 71.3 Å². The lowest BCUT2D eigenvalue weighted by Crippen LogP contribution is -1.99. The van der Waals surface area contributed by atoms with Crippen LogP contribution in [0.15, 0.2) is 53.7 Å². The van der Waals surface area contributed by atoms with Crippen molar-refractivity contribution in [3.63, 3.8) is 0 Å². The Labute approximate surface area is 115 Å². The van der Waals surface area contributed by atoms with E-state index in [2.05, 4.69) is 4.98 Å². The highest BCUT2D eigenvalue weighted by Crippen LogP contribution is 2.24. The van der Waals surface area contributed by atoms with Crippen LogP contribution in [0.5, 0.6) is 0 Å². The SMILES string of the molecule is O=S(=O)([O-])c1cc(Cl)ccc1Cl.c1cc[nH+]cc1. The second-order valence-electron chi connectivity index (χ2n) is 3.11. The number of hydrogen-bond acceptors (Lipinski definition) is 3. The van der Waals surface area contributed by atoms with Gasteiger partial charge in [0.25, 0.3) is 0 Å². The molecule has 0 amide bonds.